The molecule has 0 aromatic carbocycles. The second kappa shape index (κ2) is 9.53. The molecule has 0 aliphatic heterocycles. The van der Waals surface area contributed by atoms with Crippen LogP contribution in [0.3, 0.4) is 0 Å². The van der Waals surface area contributed by atoms with Crippen molar-refractivity contribution in [1.29, 1.82) is 0 Å². The molecule has 0 aromatic heterocycles. The Morgan fingerprint density at radius 2 is 1.94 bits per heavy atom. The SMILES string of the molecule is C=C1C(=CC=C2CCC[C@@]3(C)C2CCC3[C@H](C)CCCC(C)(C)O)C[C@@H](O)[C@H](C)[C@@H]1O. The van der Waals surface area contributed by atoms with E-state index in [9.17, 15) is 15.3 Å². The van der Waals surface area contributed by atoms with Gasteiger partial charge in [0.2, 0.25) is 0 Å². The van der Waals surface area contributed by atoms with Crippen LogP contribution in [0.5, 0.6) is 0 Å². The highest BCUT2D eigenvalue weighted by Gasteiger charge is 2.50. The average Bonchev–Trinajstić information content (AvgIpc) is 3.04. The van der Waals surface area contributed by atoms with E-state index in [-0.39, 0.29) is 5.92 Å². The van der Waals surface area contributed by atoms with Gasteiger partial charge in [0.15, 0.2) is 0 Å². The molecule has 0 bridgehead atoms. The van der Waals surface area contributed by atoms with Crippen LogP contribution in [-0.4, -0.2) is 33.1 Å². The van der Waals surface area contributed by atoms with Crippen molar-refractivity contribution in [3.8, 4) is 0 Å². The first-order chi connectivity index (χ1) is 14.4. The minimum absolute atomic E-state index is 0.149. The number of aliphatic hydroxyl groups excluding tert-OH is 2. The summed E-state index contributed by atoms with van der Waals surface area (Å²) in [5.74, 6) is 1.94. The van der Waals surface area contributed by atoms with Gasteiger partial charge in [0.25, 0.3) is 0 Å². The van der Waals surface area contributed by atoms with E-state index in [2.05, 4.69) is 32.6 Å². The van der Waals surface area contributed by atoms with E-state index in [1.165, 1.54) is 32.1 Å². The molecule has 3 rings (SSSR count). The Balaban J connectivity index is 1.71. The first-order valence-electron chi connectivity index (χ1n) is 12.6. The van der Waals surface area contributed by atoms with Gasteiger partial charge in [0, 0.05) is 5.92 Å². The van der Waals surface area contributed by atoms with Gasteiger partial charge in [-0.25, -0.2) is 0 Å². The molecule has 3 heteroatoms. The Bertz CT molecular complexity index is 712. The van der Waals surface area contributed by atoms with Crippen molar-refractivity contribution >= 4 is 0 Å². The molecule has 0 heterocycles. The molecule has 3 fully saturated rings. The maximum absolute atomic E-state index is 10.4. The summed E-state index contributed by atoms with van der Waals surface area (Å²) in [7, 11) is 0. The van der Waals surface area contributed by atoms with Gasteiger partial charge in [-0.15, -0.1) is 0 Å². The normalized spacial score (nSPS) is 40.4. The fourth-order valence-electron chi connectivity index (χ4n) is 6.91. The lowest BCUT2D eigenvalue weighted by atomic mass is 9.60. The standard InChI is InChI=1S/C28H46O3/c1-18(9-7-15-27(4,5)31)23-13-14-24-21(10-8-16-28(23,24)6)11-12-22-17-25(29)20(3)26(30)19(22)2/h11-12,18,20,23-26,29-31H,2,7-10,13-17H2,1,3-6H3/t18-,20+,23?,24?,25-,26-,28-/m1/s1. The van der Waals surface area contributed by atoms with Crippen molar-refractivity contribution in [2.24, 2.45) is 29.1 Å². The van der Waals surface area contributed by atoms with E-state index in [0.29, 0.717) is 23.7 Å². The van der Waals surface area contributed by atoms with E-state index in [1.54, 1.807) is 5.57 Å². The Kier molecular flexibility index (Phi) is 7.61. The molecular weight excluding hydrogens is 384 g/mol. The number of allylic oxidation sites excluding steroid dienone is 3. The number of hydrogen-bond donors (Lipinski definition) is 3. The molecule has 3 aliphatic rings. The van der Waals surface area contributed by atoms with Gasteiger partial charge in [-0.2, -0.15) is 0 Å². The van der Waals surface area contributed by atoms with Crippen molar-refractivity contribution in [2.45, 2.75) is 110 Å². The molecule has 0 saturated heterocycles. The summed E-state index contributed by atoms with van der Waals surface area (Å²) in [6.45, 7) is 14.8. The van der Waals surface area contributed by atoms with Crippen LogP contribution < -0.4 is 0 Å². The van der Waals surface area contributed by atoms with Gasteiger partial charge in [-0.1, -0.05) is 57.9 Å². The predicted molar refractivity (Wildman–Crippen MR) is 129 cm³/mol. The summed E-state index contributed by atoms with van der Waals surface area (Å²) in [5, 5.41) is 30.7. The molecule has 0 spiro atoms. The third-order valence-corrected chi connectivity index (χ3v) is 8.97. The number of hydrogen-bond acceptors (Lipinski definition) is 3. The molecular formula is C28H46O3. The molecule has 3 N–H and O–H groups in total. The van der Waals surface area contributed by atoms with E-state index in [0.717, 1.165) is 36.3 Å². The van der Waals surface area contributed by atoms with Crippen molar-refractivity contribution in [2.75, 3.05) is 0 Å². The highest BCUT2D eigenvalue weighted by Crippen LogP contribution is 2.60. The number of rotatable bonds is 6. The van der Waals surface area contributed by atoms with Crippen LogP contribution in [0.25, 0.3) is 0 Å². The Morgan fingerprint density at radius 1 is 1.23 bits per heavy atom. The highest BCUT2D eigenvalue weighted by molar-refractivity contribution is 5.39. The molecule has 0 radical (unpaired) electrons. The van der Waals surface area contributed by atoms with Crippen LogP contribution in [0, 0.1) is 29.1 Å². The summed E-state index contributed by atoms with van der Waals surface area (Å²) in [6, 6.07) is 0. The molecule has 2 unspecified atom stereocenters. The van der Waals surface area contributed by atoms with Crippen LogP contribution in [0.4, 0.5) is 0 Å². The first kappa shape index (κ1) is 24.7. The molecule has 0 amide bonds. The van der Waals surface area contributed by atoms with Crippen LogP contribution in [0.1, 0.15) is 92.4 Å². The van der Waals surface area contributed by atoms with Crippen LogP contribution >= 0.6 is 0 Å². The molecule has 31 heavy (non-hydrogen) atoms. The molecule has 3 saturated carbocycles. The van der Waals surface area contributed by atoms with Gasteiger partial charge < -0.3 is 15.3 Å². The van der Waals surface area contributed by atoms with Crippen LogP contribution in [0.2, 0.25) is 0 Å². The molecule has 0 aromatic rings. The molecule has 176 valence electrons. The summed E-state index contributed by atoms with van der Waals surface area (Å²) in [4.78, 5) is 0. The van der Waals surface area contributed by atoms with Crippen LogP contribution in [-0.2, 0) is 0 Å². The molecule has 7 atom stereocenters. The summed E-state index contributed by atoms with van der Waals surface area (Å²) >= 11 is 0. The topological polar surface area (TPSA) is 60.7 Å². The first-order valence-corrected chi connectivity index (χ1v) is 12.6. The highest BCUT2D eigenvalue weighted by atomic mass is 16.3. The third kappa shape index (κ3) is 5.37. The van der Waals surface area contributed by atoms with E-state index >= 15 is 0 Å². The minimum Gasteiger partial charge on any atom is -0.392 e. The average molecular weight is 431 g/mol. The van der Waals surface area contributed by atoms with E-state index in [1.807, 2.05) is 20.8 Å². The van der Waals surface area contributed by atoms with Gasteiger partial charge in [-0.3, -0.25) is 0 Å². The second-order valence-electron chi connectivity index (χ2n) is 11.8. The van der Waals surface area contributed by atoms with Crippen molar-refractivity contribution < 1.29 is 15.3 Å². The summed E-state index contributed by atoms with van der Waals surface area (Å²) in [5.41, 5.74) is 3.15. The zero-order valence-corrected chi connectivity index (χ0v) is 20.5. The summed E-state index contributed by atoms with van der Waals surface area (Å²) < 4.78 is 0. The van der Waals surface area contributed by atoms with E-state index in [4.69, 9.17) is 0 Å². The monoisotopic (exact) mass is 430 g/mol. The number of fused-ring (bicyclic) bond motifs is 1. The van der Waals surface area contributed by atoms with Crippen molar-refractivity contribution in [1.82, 2.24) is 0 Å². The third-order valence-electron chi connectivity index (χ3n) is 8.97. The fourth-order valence-corrected chi connectivity index (χ4v) is 6.91. The second-order valence-corrected chi connectivity index (χ2v) is 11.8. The Labute approximate surface area is 190 Å². The molecule has 3 aliphatic carbocycles. The zero-order chi connectivity index (χ0) is 23.0. The minimum atomic E-state index is -0.648. The smallest absolute Gasteiger partial charge is 0.0837 e. The van der Waals surface area contributed by atoms with Crippen molar-refractivity contribution in [3.05, 3.63) is 35.5 Å². The van der Waals surface area contributed by atoms with Crippen LogP contribution in [0.15, 0.2) is 35.5 Å². The Hall–Kier alpha value is -0.900. The lowest BCUT2D eigenvalue weighted by Crippen LogP contribution is -2.36. The van der Waals surface area contributed by atoms with Gasteiger partial charge in [0.1, 0.15) is 0 Å². The maximum Gasteiger partial charge on any atom is 0.0837 e. The predicted octanol–water partition coefficient (Wildman–Crippen LogP) is 5.95. The Morgan fingerprint density at radius 3 is 2.61 bits per heavy atom. The lowest BCUT2D eigenvalue weighted by molar-refractivity contribution is 0.0283. The number of aliphatic hydroxyl groups is 3. The zero-order valence-electron chi connectivity index (χ0n) is 20.5. The quantitative estimate of drug-likeness (QED) is 0.488. The summed E-state index contributed by atoms with van der Waals surface area (Å²) in [6.07, 6.45) is 13.4. The van der Waals surface area contributed by atoms with Gasteiger partial charge >= 0.3 is 0 Å². The van der Waals surface area contributed by atoms with E-state index < -0.39 is 17.8 Å². The lowest BCUT2D eigenvalue weighted by Gasteiger charge is -2.44. The van der Waals surface area contributed by atoms with Gasteiger partial charge in [-0.05, 0) is 93.1 Å². The van der Waals surface area contributed by atoms with Crippen molar-refractivity contribution in [3.63, 3.8) is 0 Å². The molecule has 3 nitrogen and oxygen atoms in total. The maximum atomic E-state index is 10.4. The largest absolute Gasteiger partial charge is 0.392 e. The van der Waals surface area contributed by atoms with Gasteiger partial charge in [0.05, 0.1) is 17.8 Å². The fraction of sp³-hybridized carbons (Fsp3) is 0.786.